The zero-order valence-electron chi connectivity index (χ0n) is 15.4. The molecule has 0 unspecified atom stereocenters. The normalized spacial score (nSPS) is 17.8. The van der Waals surface area contributed by atoms with Crippen LogP contribution >= 0.6 is 0 Å². The summed E-state index contributed by atoms with van der Waals surface area (Å²) in [5.74, 6) is -0.132. The van der Waals surface area contributed by atoms with Crippen molar-refractivity contribution in [1.29, 1.82) is 0 Å². The van der Waals surface area contributed by atoms with Crippen LogP contribution in [0, 0.1) is 12.7 Å². The molecule has 138 valence electrons. The predicted octanol–water partition coefficient (Wildman–Crippen LogP) is 4.14. The van der Waals surface area contributed by atoms with Gasteiger partial charge in [-0.05, 0) is 54.5 Å². The molecule has 0 bridgehead atoms. The van der Waals surface area contributed by atoms with Gasteiger partial charge >= 0.3 is 0 Å². The van der Waals surface area contributed by atoms with E-state index in [0.29, 0.717) is 32.4 Å². The zero-order chi connectivity index (χ0) is 18.7. The van der Waals surface area contributed by atoms with Gasteiger partial charge in [-0.25, -0.2) is 4.39 Å². The second kappa shape index (κ2) is 7.58. The smallest absolute Gasteiger partial charge is 0.223 e. The van der Waals surface area contributed by atoms with Gasteiger partial charge in [-0.2, -0.15) is 0 Å². The molecule has 1 amide bonds. The van der Waals surface area contributed by atoms with Crippen molar-refractivity contribution in [2.24, 2.45) is 0 Å². The number of amides is 1. The summed E-state index contributed by atoms with van der Waals surface area (Å²) in [4.78, 5) is 14.5. The molecule has 1 saturated heterocycles. The lowest BCUT2D eigenvalue weighted by Crippen LogP contribution is -2.45. The second-order valence-corrected chi connectivity index (χ2v) is 7.38. The minimum Gasteiger partial charge on any atom is -0.385 e. The Bertz CT molecular complexity index is 764. The summed E-state index contributed by atoms with van der Waals surface area (Å²) >= 11 is 0. The van der Waals surface area contributed by atoms with E-state index in [0.717, 1.165) is 16.7 Å². The van der Waals surface area contributed by atoms with Crippen LogP contribution in [0.15, 0.2) is 48.5 Å². The van der Waals surface area contributed by atoms with Crippen molar-refractivity contribution in [3.05, 3.63) is 71.0 Å². The van der Waals surface area contributed by atoms with Crippen LogP contribution in [-0.4, -0.2) is 29.0 Å². The van der Waals surface area contributed by atoms with Gasteiger partial charge in [-0.15, -0.1) is 0 Å². The minimum absolute atomic E-state index is 0.0419. The molecule has 4 heteroatoms. The number of carbonyl (C=O) groups is 1. The maximum absolute atomic E-state index is 13.0. The number of benzene rings is 2. The molecule has 1 heterocycles. The number of hydrogen-bond donors (Lipinski definition) is 1. The summed E-state index contributed by atoms with van der Waals surface area (Å²) in [7, 11) is 0. The molecule has 0 spiro atoms. The monoisotopic (exact) mass is 355 g/mol. The number of nitrogens with zero attached hydrogens (tertiary/aromatic N) is 1. The summed E-state index contributed by atoms with van der Waals surface area (Å²) in [6.45, 7) is 5.10. The van der Waals surface area contributed by atoms with E-state index in [4.69, 9.17) is 0 Å². The number of aryl methyl sites for hydroxylation is 1. The number of likely N-dealkylation sites (tertiary alicyclic amines) is 1. The molecule has 1 atom stereocenters. The van der Waals surface area contributed by atoms with Gasteiger partial charge in [0.05, 0.1) is 5.60 Å². The Balaban J connectivity index is 1.60. The number of piperidine rings is 1. The first kappa shape index (κ1) is 18.6. The van der Waals surface area contributed by atoms with E-state index in [1.807, 2.05) is 43.0 Å². The molecule has 0 saturated carbocycles. The lowest BCUT2D eigenvalue weighted by Gasteiger charge is -2.39. The summed E-state index contributed by atoms with van der Waals surface area (Å²) in [6, 6.07) is 14.2. The number of aliphatic hydroxyl groups is 1. The van der Waals surface area contributed by atoms with Crippen LogP contribution in [0.5, 0.6) is 0 Å². The second-order valence-electron chi connectivity index (χ2n) is 7.38. The number of halogens is 1. The van der Waals surface area contributed by atoms with Crippen molar-refractivity contribution in [1.82, 2.24) is 4.90 Å². The van der Waals surface area contributed by atoms with Gasteiger partial charge in [-0.1, -0.05) is 43.3 Å². The SMILES string of the molecule is Cc1ccccc1C1(O)CCN(C(=O)C[C@H](C)c2ccc(F)cc2)CC1. The predicted molar refractivity (Wildman–Crippen MR) is 100 cm³/mol. The van der Waals surface area contributed by atoms with Crippen LogP contribution in [0.1, 0.15) is 48.8 Å². The third kappa shape index (κ3) is 3.96. The summed E-state index contributed by atoms with van der Waals surface area (Å²) in [5, 5.41) is 11.0. The fraction of sp³-hybridized carbons (Fsp3) is 0.409. The molecule has 2 aromatic carbocycles. The molecule has 3 nitrogen and oxygen atoms in total. The molecule has 1 aliphatic rings. The van der Waals surface area contributed by atoms with Crippen molar-refractivity contribution in [3.63, 3.8) is 0 Å². The molecular formula is C22H26FNO2. The Labute approximate surface area is 154 Å². The Morgan fingerprint density at radius 3 is 2.38 bits per heavy atom. The highest BCUT2D eigenvalue weighted by Crippen LogP contribution is 2.35. The minimum atomic E-state index is -0.856. The van der Waals surface area contributed by atoms with Crippen molar-refractivity contribution < 1.29 is 14.3 Å². The van der Waals surface area contributed by atoms with Crippen LogP contribution in [-0.2, 0) is 10.4 Å². The van der Waals surface area contributed by atoms with E-state index >= 15 is 0 Å². The molecule has 1 N–H and O–H groups in total. The Morgan fingerprint density at radius 2 is 1.77 bits per heavy atom. The maximum Gasteiger partial charge on any atom is 0.223 e. The van der Waals surface area contributed by atoms with Crippen LogP contribution in [0.3, 0.4) is 0 Å². The van der Waals surface area contributed by atoms with Gasteiger partial charge < -0.3 is 10.0 Å². The Morgan fingerprint density at radius 1 is 1.15 bits per heavy atom. The van der Waals surface area contributed by atoms with E-state index in [2.05, 4.69) is 0 Å². The van der Waals surface area contributed by atoms with Gasteiger partial charge in [0.1, 0.15) is 5.82 Å². The van der Waals surface area contributed by atoms with E-state index in [9.17, 15) is 14.3 Å². The molecule has 2 aromatic rings. The molecule has 0 aromatic heterocycles. The average Bonchev–Trinajstić information content (AvgIpc) is 2.63. The van der Waals surface area contributed by atoms with Crippen molar-refractivity contribution in [2.75, 3.05) is 13.1 Å². The van der Waals surface area contributed by atoms with E-state index < -0.39 is 5.60 Å². The highest BCUT2D eigenvalue weighted by molar-refractivity contribution is 5.77. The molecule has 0 aliphatic carbocycles. The Kier molecular flexibility index (Phi) is 5.42. The van der Waals surface area contributed by atoms with Gasteiger partial charge in [0.2, 0.25) is 5.91 Å². The Hall–Kier alpha value is -2.20. The molecule has 1 fully saturated rings. The average molecular weight is 355 g/mol. The quantitative estimate of drug-likeness (QED) is 0.895. The summed E-state index contributed by atoms with van der Waals surface area (Å²) in [5.41, 5.74) is 2.16. The largest absolute Gasteiger partial charge is 0.385 e. The van der Waals surface area contributed by atoms with Crippen molar-refractivity contribution in [3.8, 4) is 0 Å². The van der Waals surface area contributed by atoms with Crippen LogP contribution in [0.25, 0.3) is 0 Å². The lowest BCUT2D eigenvalue weighted by atomic mass is 9.82. The van der Waals surface area contributed by atoms with E-state index in [1.54, 1.807) is 12.1 Å². The maximum atomic E-state index is 13.0. The van der Waals surface area contributed by atoms with Crippen molar-refractivity contribution >= 4 is 5.91 Å². The summed E-state index contributed by atoms with van der Waals surface area (Å²) in [6.07, 6.45) is 1.50. The molecule has 1 aliphatic heterocycles. The van der Waals surface area contributed by atoms with Crippen LogP contribution < -0.4 is 0 Å². The fourth-order valence-electron chi connectivity index (χ4n) is 3.79. The van der Waals surface area contributed by atoms with E-state index in [1.165, 1.54) is 12.1 Å². The highest BCUT2D eigenvalue weighted by atomic mass is 19.1. The highest BCUT2D eigenvalue weighted by Gasteiger charge is 2.36. The number of carbonyl (C=O) groups excluding carboxylic acids is 1. The number of hydrogen-bond acceptors (Lipinski definition) is 2. The van der Waals surface area contributed by atoms with E-state index in [-0.39, 0.29) is 17.6 Å². The first-order chi connectivity index (χ1) is 12.4. The van der Waals surface area contributed by atoms with Gasteiger partial charge in [0, 0.05) is 19.5 Å². The van der Waals surface area contributed by atoms with Crippen LogP contribution in [0.4, 0.5) is 4.39 Å². The fourth-order valence-corrected chi connectivity index (χ4v) is 3.79. The molecular weight excluding hydrogens is 329 g/mol. The van der Waals surface area contributed by atoms with Gasteiger partial charge in [0.15, 0.2) is 0 Å². The first-order valence-electron chi connectivity index (χ1n) is 9.21. The molecule has 0 radical (unpaired) electrons. The standard InChI is InChI=1S/C22H26FNO2/c1-16-5-3-4-6-20(16)22(26)11-13-24(14-12-22)21(25)15-17(2)18-7-9-19(23)10-8-18/h3-10,17,26H,11-15H2,1-2H3/t17-/m0/s1. The number of rotatable bonds is 4. The van der Waals surface area contributed by atoms with Crippen LogP contribution in [0.2, 0.25) is 0 Å². The molecule has 26 heavy (non-hydrogen) atoms. The molecule has 3 rings (SSSR count). The van der Waals surface area contributed by atoms with Gasteiger partial charge in [-0.3, -0.25) is 4.79 Å². The first-order valence-corrected chi connectivity index (χ1v) is 9.21. The summed E-state index contributed by atoms with van der Waals surface area (Å²) < 4.78 is 13.0. The zero-order valence-corrected chi connectivity index (χ0v) is 15.4. The third-order valence-electron chi connectivity index (χ3n) is 5.51. The lowest BCUT2D eigenvalue weighted by molar-refractivity contribution is -0.136. The van der Waals surface area contributed by atoms with Crippen molar-refractivity contribution in [2.45, 2.75) is 44.6 Å². The third-order valence-corrected chi connectivity index (χ3v) is 5.51. The van der Waals surface area contributed by atoms with Gasteiger partial charge in [0.25, 0.3) is 0 Å². The topological polar surface area (TPSA) is 40.5 Å².